The second-order valence-electron chi connectivity index (χ2n) is 10.1. The molecular weight excluding hydrogens is 430 g/mol. The van der Waals surface area contributed by atoms with Crippen LogP contribution in [0, 0.1) is 5.92 Å². The van der Waals surface area contributed by atoms with Gasteiger partial charge in [-0.1, -0.05) is 52.7 Å². The predicted molar refractivity (Wildman–Crippen MR) is 133 cm³/mol. The van der Waals surface area contributed by atoms with Crippen LogP contribution in [0.4, 0.5) is 0 Å². The van der Waals surface area contributed by atoms with Crippen LogP contribution in [0.3, 0.4) is 0 Å². The van der Waals surface area contributed by atoms with Gasteiger partial charge in [-0.25, -0.2) is 9.78 Å². The summed E-state index contributed by atoms with van der Waals surface area (Å²) in [5.41, 5.74) is 2.03. The molecule has 1 aromatic heterocycles. The summed E-state index contributed by atoms with van der Waals surface area (Å²) < 4.78 is 18.3. The summed E-state index contributed by atoms with van der Waals surface area (Å²) in [6, 6.07) is 8.40. The van der Waals surface area contributed by atoms with E-state index in [0.29, 0.717) is 37.4 Å². The van der Waals surface area contributed by atoms with E-state index in [1.54, 1.807) is 6.92 Å². The van der Waals surface area contributed by atoms with Crippen molar-refractivity contribution in [1.29, 1.82) is 0 Å². The highest BCUT2D eigenvalue weighted by Crippen LogP contribution is 2.31. The quantitative estimate of drug-likeness (QED) is 0.368. The number of hydrogen-bond donors (Lipinski definition) is 1. The zero-order valence-corrected chi connectivity index (χ0v) is 21.4. The molecule has 1 aromatic carbocycles. The monoisotopic (exact) mass is 471 g/mol. The molecule has 0 spiro atoms. The van der Waals surface area contributed by atoms with Gasteiger partial charge in [0.1, 0.15) is 11.5 Å². The second kappa shape index (κ2) is 12.0. The maximum absolute atomic E-state index is 11.7. The third-order valence-electron chi connectivity index (χ3n) is 6.93. The molecular formula is C28H41NO5. The lowest BCUT2D eigenvalue weighted by Crippen LogP contribution is -2.40. The largest absolute Gasteiger partial charge is 0.479 e. The lowest BCUT2D eigenvalue weighted by Gasteiger charge is -2.32. The lowest BCUT2D eigenvalue weighted by molar-refractivity contribution is -0.167. The van der Waals surface area contributed by atoms with E-state index < -0.39 is 11.6 Å². The van der Waals surface area contributed by atoms with E-state index in [1.165, 1.54) is 5.56 Å². The number of carboxylic acids is 1. The fourth-order valence-electron chi connectivity index (χ4n) is 4.67. The van der Waals surface area contributed by atoms with E-state index in [1.807, 2.05) is 6.92 Å². The van der Waals surface area contributed by atoms with Gasteiger partial charge in [-0.3, -0.25) is 0 Å². The highest BCUT2D eigenvalue weighted by molar-refractivity contribution is 5.76. The summed E-state index contributed by atoms with van der Waals surface area (Å²) in [5, 5.41) is 9.56. The Morgan fingerprint density at radius 2 is 1.97 bits per heavy atom. The maximum Gasteiger partial charge on any atom is 0.335 e. The summed E-state index contributed by atoms with van der Waals surface area (Å²) in [6.07, 6.45) is 6.17. The Balaban J connectivity index is 1.57. The first-order chi connectivity index (χ1) is 16.3. The molecule has 188 valence electrons. The van der Waals surface area contributed by atoms with Crippen molar-refractivity contribution in [3.63, 3.8) is 0 Å². The first kappa shape index (κ1) is 26.4. The number of oxazole rings is 1. The van der Waals surface area contributed by atoms with Gasteiger partial charge >= 0.3 is 5.97 Å². The molecule has 2 aromatic rings. The molecule has 0 radical (unpaired) electrons. The molecule has 6 heteroatoms. The Bertz CT molecular complexity index is 919. The average molecular weight is 472 g/mol. The molecule has 0 amide bonds. The van der Waals surface area contributed by atoms with Crippen LogP contribution in [0.5, 0.6) is 0 Å². The molecule has 1 saturated carbocycles. The lowest BCUT2D eigenvalue weighted by atomic mass is 9.87. The standard InChI is InChI=1S/C28H41NO5/c1-6-15-28(5,27(30)31)33-17-20-9-8-10-23(16-20)32-18-24-25(7-2)34-26(29-24)22-13-11-21(12-14-22)19(3)4/h11-14,19-20,23H,6-10,15-18H2,1-5H3,(H,30,31)/t20?,23-,28?/m0/s1. The molecule has 1 heterocycles. The van der Waals surface area contributed by atoms with Crippen molar-refractivity contribution in [3.8, 4) is 11.5 Å². The average Bonchev–Trinajstić information content (AvgIpc) is 3.25. The molecule has 34 heavy (non-hydrogen) atoms. The number of aromatic nitrogens is 1. The summed E-state index contributed by atoms with van der Waals surface area (Å²) in [7, 11) is 0. The van der Waals surface area contributed by atoms with Crippen molar-refractivity contribution in [2.75, 3.05) is 6.61 Å². The normalized spacial score (nSPS) is 20.4. The SMILES string of the molecule is CCCC(C)(OCC1CCC[C@H](OCc2nc(-c3ccc(C(C)C)cc3)oc2CC)C1)C(=O)O. The van der Waals surface area contributed by atoms with Crippen LogP contribution in [-0.2, 0) is 27.3 Å². The molecule has 2 unspecified atom stereocenters. The van der Waals surface area contributed by atoms with Crippen molar-refractivity contribution in [2.24, 2.45) is 5.92 Å². The summed E-state index contributed by atoms with van der Waals surface area (Å²) >= 11 is 0. The van der Waals surface area contributed by atoms with Gasteiger partial charge in [0, 0.05) is 12.0 Å². The van der Waals surface area contributed by atoms with Gasteiger partial charge < -0.3 is 19.0 Å². The van der Waals surface area contributed by atoms with Crippen LogP contribution in [0.1, 0.15) is 96.1 Å². The van der Waals surface area contributed by atoms with E-state index in [4.69, 9.17) is 18.9 Å². The minimum absolute atomic E-state index is 0.125. The van der Waals surface area contributed by atoms with E-state index in [0.717, 1.165) is 55.5 Å². The first-order valence-electron chi connectivity index (χ1n) is 12.8. The molecule has 6 nitrogen and oxygen atoms in total. The van der Waals surface area contributed by atoms with Crippen LogP contribution in [0.15, 0.2) is 28.7 Å². The van der Waals surface area contributed by atoms with E-state index in [9.17, 15) is 9.90 Å². The van der Waals surface area contributed by atoms with E-state index in [2.05, 4.69) is 45.0 Å². The highest BCUT2D eigenvalue weighted by atomic mass is 16.5. The van der Waals surface area contributed by atoms with Gasteiger partial charge in [0.15, 0.2) is 5.60 Å². The molecule has 3 rings (SSSR count). The molecule has 0 saturated heterocycles. The minimum atomic E-state index is -1.11. The fourth-order valence-corrected chi connectivity index (χ4v) is 4.67. The topological polar surface area (TPSA) is 81.8 Å². The number of carboxylic acid groups (broad SMARTS) is 1. The number of carbonyl (C=O) groups is 1. The van der Waals surface area contributed by atoms with E-state index in [-0.39, 0.29) is 6.10 Å². The van der Waals surface area contributed by atoms with Crippen LogP contribution in [0.2, 0.25) is 0 Å². The third-order valence-corrected chi connectivity index (χ3v) is 6.93. The number of nitrogens with zero attached hydrogens (tertiary/aromatic N) is 1. The van der Waals surface area contributed by atoms with Gasteiger partial charge in [0.2, 0.25) is 5.89 Å². The number of aliphatic carboxylic acids is 1. The van der Waals surface area contributed by atoms with Crippen molar-refractivity contribution < 1.29 is 23.8 Å². The van der Waals surface area contributed by atoms with Crippen molar-refractivity contribution in [1.82, 2.24) is 4.98 Å². The van der Waals surface area contributed by atoms with Crippen LogP contribution in [0.25, 0.3) is 11.5 Å². The Hall–Kier alpha value is -2.18. The van der Waals surface area contributed by atoms with Crippen molar-refractivity contribution in [3.05, 3.63) is 41.3 Å². The third kappa shape index (κ3) is 6.70. The fraction of sp³-hybridized carbons (Fsp3) is 0.643. The number of benzene rings is 1. The van der Waals surface area contributed by atoms with Gasteiger partial charge in [-0.2, -0.15) is 0 Å². The molecule has 0 bridgehead atoms. The number of aryl methyl sites for hydroxylation is 1. The smallest absolute Gasteiger partial charge is 0.335 e. The maximum atomic E-state index is 11.7. The van der Waals surface area contributed by atoms with Crippen LogP contribution in [-0.4, -0.2) is 34.4 Å². The number of hydrogen-bond acceptors (Lipinski definition) is 5. The number of ether oxygens (including phenoxy) is 2. The van der Waals surface area contributed by atoms with Crippen LogP contribution < -0.4 is 0 Å². The van der Waals surface area contributed by atoms with Gasteiger partial charge in [0.25, 0.3) is 0 Å². The molecule has 3 atom stereocenters. The first-order valence-corrected chi connectivity index (χ1v) is 12.8. The Labute approximate surface area is 204 Å². The molecule has 1 N–H and O–H groups in total. The molecule has 0 aliphatic heterocycles. The van der Waals surface area contributed by atoms with Gasteiger partial charge in [0.05, 0.1) is 19.3 Å². The van der Waals surface area contributed by atoms with Crippen LogP contribution >= 0.6 is 0 Å². The Morgan fingerprint density at radius 1 is 1.24 bits per heavy atom. The zero-order valence-electron chi connectivity index (χ0n) is 21.4. The molecule has 1 fully saturated rings. The zero-order chi connectivity index (χ0) is 24.7. The number of rotatable bonds is 12. The van der Waals surface area contributed by atoms with Gasteiger partial charge in [-0.05, 0) is 62.1 Å². The Morgan fingerprint density at radius 3 is 2.59 bits per heavy atom. The summed E-state index contributed by atoms with van der Waals surface area (Å²) in [4.78, 5) is 16.4. The Kier molecular flexibility index (Phi) is 9.31. The highest BCUT2D eigenvalue weighted by Gasteiger charge is 2.35. The second-order valence-corrected chi connectivity index (χ2v) is 10.1. The van der Waals surface area contributed by atoms with Gasteiger partial charge in [-0.15, -0.1) is 0 Å². The summed E-state index contributed by atoms with van der Waals surface area (Å²) in [6.45, 7) is 11.0. The van der Waals surface area contributed by atoms with Crippen molar-refractivity contribution >= 4 is 5.97 Å². The molecule has 1 aliphatic rings. The summed E-state index contributed by atoms with van der Waals surface area (Å²) in [5.74, 6) is 1.43. The minimum Gasteiger partial charge on any atom is -0.479 e. The van der Waals surface area contributed by atoms with Crippen molar-refractivity contribution in [2.45, 2.75) is 104 Å². The van der Waals surface area contributed by atoms with E-state index >= 15 is 0 Å². The molecule has 1 aliphatic carbocycles. The predicted octanol–water partition coefficient (Wildman–Crippen LogP) is 6.76.